The minimum absolute atomic E-state index is 0.0785. The van der Waals surface area contributed by atoms with Crippen LogP contribution in [0, 0.1) is 22.2 Å². The van der Waals surface area contributed by atoms with Gasteiger partial charge in [-0.25, -0.2) is 4.79 Å². The van der Waals surface area contributed by atoms with Crippen LogP contribution in [0.5, 0.6) is 0 Å². The zero-order valence-electron chi connectivity index (χ0n) is 17.9. The summed E-state index contributed by atoms with van der Waals surface area (Å²) >= 11 is 0. The molecule has 3 fully saturated rings. The molecule has 0 aromatic carbocycles. The van der Waals surface area contributed by atoms with Crippen molar-refractivity contribution in [3.8, 4) is 0 Å². The Morgan fingerprint density at radius 2 is 1.71 bits per heavy atom. The SMILES string of the molecule is CC(C)(C)CC(C)(C(=O)OCC(=O)OC1C2CC3C(=O)OC1C3O2)C(C)(C)C. The van der Waals surface area contributed by atoms with E-state index in [0.29, 0.717) is 12.8 Å². The summed E-state index contributed by atoms with van der Waals surface area (Å²) < 4.78 is 21.8. The molecule has 0 aromatic heterocycles. The molecule has 3 saturated heterocycles. The molecule has 0 amide bonds. The minimum atomic E-state index is -0.755. The van der Waals surface area contributed by atoms with Crippen LogP contribution in [0.2, 0.25) is 0 Å². The number of rotatable bonds is 5. The fourth-order valence-electron chi connectivity index (χ4n) is 4.56. The third-order valence-corrected chi connectivity index (χ3v) is 6.36. The molecule has 0 N–H and O–H groups in total. The second-order valence-electron chi connectivity index (χ2n) is 10.7. The van der Waals surface area contributed by atoms with E-state index in [1.807, 2.05) is 27.7 Å². The van der Waals surface area contributed by atoms with Crippen LogP contribution in [-0.4, -0.2) is 48.9 Å². The van der Waals surface area contributed by atoms with Gasteiger partial charge in [0.15, 0.2) is 18.8 Å². The molecule has 3 rings (SSSR count). The topological polar surface area (TPSA) is 88.1 Å². The molecular weight excluding hydrogens is 364 g/mol. The lowest BCUT2D eigenvalue weighted by atomic mass is 9.61. The maximum Gasteiger partial charge on any atom is 0.344 e. The molecule has 0 saturated carbocycles. The second-order valence-corrected chi connectivity index (χ2v) is 10.7. The molecule has 158 valence electrons. The zero-order chi connectivity index (χ0) is 21.1. The lowest BCUT2D eigenvalue weighted by Gasteiger charge is -2.43. The number of esters is 3. The van der Waals surface area contributed by atoms with Gasteiger partial charge in [-0.1, -0.05) is 41.5 Å². The van der Waals surface area contributed by atoms with Gasteiger partial charge in [-0.2, -0.15) is 0 Å². The summed E-state index contributed by atoms with van der Waals surface area (Å²) in [6.45, 7) is 13.6. The number of ether oxygens (including phenoxy) is 4. The Morgan fingerprint density at radius 1 is 1.07 bits per heavy atom. The lowest BCUT2D eigenvalue weighted by Crippen LogP contribution is -2.45. The van der Waals surface area contributed by atoms with Gasteiger partial charge in [0.2, 0.25) is 0 Å². The molecule has 3 aliphatic heterocycles. The summed E-state index contributed by atoms with van der Waals surface area (Å²) in [5.41, 5.74) is -1.17. The Labute approximate surface area is 166 Å². The van der Waals surface area contributed by atoms with Crippen LogP contribution in [-0.2, 0) is 33.3 Å². The molecule has 0 aromatic rings. The van der Waals surface area contributed by atoms with Crippen molar-refractivity contribution < 1.29 is 33.3 Å². The standard InChI is InChI=1S/C21H32O7/c1-19(2,3)10-21(7,20(4,5)6)18(24)25-9-13(22)27-15-12-8-11-14(26-12)16(15)28-17(11)23/h11-12,14-16H,8-10H2,1-7H3. The van der Waals surface area contributed by atoms with Gasteiger partial charge < -0.3 is 18.9 Å². The van der Waals surface area contributed by atoms with E-state index in [9.17, 15) is 14.4 Å². The molecule has 0 aliphatic carbocycles. The van der Waals surface area contributed by atoms with E-state index < -0.39 is 36.2 Å². The molecule has 7 heteroatoms. The largest absolute Gasteiger partial charge is 0.455 e. The van der Waals surface area contributed by atoms with Gasteiger partial charge >= 0.3 is 17.9 Å². The third kappa shape index (κ3) is 3.65. The molecule has 7 nitrogen and oxygen atoms in total. The molecule has 6 unspecified atom stereocenters. The van der Waals surface area contributed by atoms with Crippen LogP contribution in [0.3, 0.4) is 0 Å². The van der Waals surface area contributed by atoms with Crippen LogP contribution >= 0.6 is 0 Å². The molecule has 2 bridgehead atoms. The van der Waals surface area contributed by atoms with E-state index in [1.165, 1.54) is 0 Å². The highest BCUT2D eigenvalue weighted by Gasteiger charge is 2.65. The van der Waals surface area contributed by atoms with E-state index in [4.69, 9.17) is 18.9 Å². The Kier molecular flexibility index (Phi) is 5.06. The average Bonchev–Trinajstić information content (AvgIpc) is 3.14. The Balaban J connectivity index is 1.58. The Hall–Kier alpha value is -1.63. The van der Waals surface area contributed by atoms with E-state index in [0.717, 1.165) is 0 Å². The van der Waals surface area contributed by atoms with Crippen LogP contribution in [0.25, 0.3) is 0 Å². The van der Waals surface area contributed by atoms with Gasteiger partial charge in [0.05, 0.1) is 17.4 Å². The van der Waals surface area contributed by atoms with Crippen LogP contribution in [0.15, 0.2) is 0 Å². The smallest absolute Gasteiger partial charge is 0.344 e. The van der Waals surface area contributed by atoms with Gasteiger partial charge in [0.1, 0.15) is 6.10 Å². The van der Waals surface area contributed by atoms with Gasteiger partial charge in [-0.15, -0.1) is 0 Å². The Bertz CT molecular complexity index is 671. The van der Waals surface area contributed by atoms with Crippen LogP contribution in [0.1, 0.15) is 61.3 Å². The first-order valence-electron chi connectivity index (χ1n) is 9.96. The molecule has 28 heavy (non-hydrogen) atoms. The van der Waals surface area contributed by atoms with Crippen molar-refractivity contribution in [2.45, 2.75) is 85.7 Å². The monoisotopic (exact) mass is 396 g/mol. The normalized spacial score (nSPS) is 33.4. The van der Waals surface area contributed by atoms with Gasteiger partial charge in [-0.05, 0) is 30.6 Å². The highest BCUT2D eigenvalue weighted by atomic mass is 16.7. The number of carbonyl (C=O) groups excluding carboxylic acids is 3. The predicted octanol–water partition coefficient (Wildman–Crippen LogP) is 2.64. The quantitative estimate of drug-likeness (QED) is 0.521. The molecule has 0 spiro atoms. The molecular formula is C21H32O7. The van der Waals surface area contributed by atoms with Gasteiger partial charge in [-0.3, -0.25) is 9.59 Å². The molecule has 3 heterocycles. The first kappa shape index (κ1) is 21.1. The van der Waals surface area contributed by atoms with E-state index in [2.05, 4.69) is 20.8 Å². The fraction of sp³-hybridized carbons (Fsp3) is 0.857. The summed E-state index contributed by atoms with van der Waals surface area (Å²) in [6.07, 6.45) is -0.692. The van der Waals surface area contributed by atoms with Crippen molar-refractivity contribution in [3.63, 3.8) is 0 Å². The Morgan fingerprint density at radius 3 is 2.29 bits per heavy atom. The van der Waals surface area contributed by atoms with Crippen LogP contribution < -0.4 is 0 Å². The van der Waals surface area contributed by atoms with Crippen molar-refractivity contribution in [1.82, 2.24) is 0 Å². The van der Waals surface area contributed by atoms with Crippen LogP contribution in [0.4, 0.5) is 0 Å². The van der Waals surface area contributed by atoms with Crippen molar-refractivity contribution in [2.75, 3.05) is 6.61 Å². The number of fused-ring (bicyclic) bond motifs is 1. The van der Waals surface area contributed by atoms with Gasteiger partial charge in [0.25, 0.3) is 0 Å². The average molecular weight is 396 g/mol. The first-order valence-corrected chi connectivity index (χ1v) is 9.96. The second kappa shape index (κ2) is 6.71. The summed E-state index contributed by atoms with van der Waals surface area (Å²) in [5, 5.41) is 0. The van der Waals surface area contributed by atoms with Crippen molar-refractivity contribution in [2.24, 2.45) is 22.2 Å². The lowest BCUT2D eigenvalue weighted by molar-refractivity contribution is -0.177. The highest BCUT2D eigenvalue weighted by Crippen LogP contribution is 2.48. The summed E-state index contributed by atoms with van der Waals surface area (Å²) in [5.74, 6) is -1.59. The summed E-state index contributed by atoms with van der Waals surface area (Å²) in [4.78, 5) is 37.0. The van der Waals surface area contributed by atoms with Gasteiger partial charge in [0, 0.05) is 0 Å². The molecule has 6 atom stereocenters. The van der Waals surface area contributed by atoms with Crippen molar-refractivity contribution in [3.05, 3.63) is 0 Å². The maximum atomic E-state index is 12.9. The zero-order valence-corrected chi connectivity index (χ0v) is 17.9. The number of hydrogen-bond donors (Lipinski definition) is 0. The number of carbonyl (C=O) groups is 3. The molecule has 3 aliphatic rings. The van der Waals surface area contributed by atoms with Crippen molar-refractivity contribution in [1.29, 1.82) is 0 Å². The highest BCUT2D eigenvalue weighted by molar-refractivity contribution is 5.81. The summed E-state index contributed by atoms with van der Waals surface area (Å²) in [6, 6.07) is 0. The van der Waals surface area contributed by atoms with Crippen molar-refractivity contribution >= 4 is 17.9 Å². The van der Waals surface area contributed by atoms with E-state index >= 15 is 0 Å². The van der Waals surface area contributed by atoms with E-state index in [1.54, 1.807) is 0 Å². The third-order valence-electron chi connectivity index (χ3n) is 6.36. The number of hydrogen-bond acceptors (Lipinski definition) is 7. The fourth-order valence-corrected chi connectivity index (χ4v) is 4.56. The summed E-state index contributed by atoms with van der Waals surface area (Å²) in [7, 11) is 0. The van der Waals surface area contributed by atoms with E-state index in [-0.39, 0.29) is 34.9 Å². The maximum absolute atomic E-state index is 12.9. The minimum Gasteiger partial charge on any atom is -0.455 e. The predicted molar refractivity (Wildman–Crippen MR) is 99.1 cm³/mol. The molecule has 0 radical (unpaired) electrons. The first-order chi connectivity index (χ1) is 12.7.